The van der Waals surface area contributed by atoms with Crippen LogP contribution in [-0.2, 0) is 10.0 Å². The number of carboxylic acid groups (broad SMARTS) is 1. The smallest absolute Gasteiger partial charge is 0.337 e. The van der Waals surface area contributed by atoms with Gasteiger partial charge < -0.3 is 9.84 Å². The molecule has 0 aliphatic rings. The quantitative estimate of drug-likeness (QED) is 0.829. The molecule has 0 aliphatic heterocycles. The first-order chi connectivity index (χ1) is 10.8. The van der Waals surface area contributed by atoms with Gasteiger partial charge in [0.15, 0.2) is 0 Å². The monoisotopic (exact) mass is 355 g/mol. The van der Waals surface area contributed by atoms with E-state index in [1.807, 2.05) is 0 Å². The van der Waals surface area contributed by atoms with Crippen LogP contribution in [0.1, 0.15) is 17.3 Å². The highest BCUT2D eigenvalue weighted by Crippen LogP contribution is 2.28. The molecule has 0 bridgehead atoms. The summed E-state index contributed by atoms with van der Waals surface area (Å²) in [6.07, 6.45) is 0. The lowest BCUT2D eigenvalue weighted by atomic mass is 10.2. The van der Waals surface area contributed by atoms with Crippen LogP contribution in [0.5, 0.6) is 5.75 Å². The van der Waals surface area contributed by atoms with Gasteiger partial charge in [-0.1, -0.05) is 23.7 Å². The lowest BCUT2D eigenvalue weighted by Crippen LogP contribution is -2.14. The molecule has 0 fully saturated rings. The van der Waals surface area contributed by atoms with Crippen molar-refractivity contribution in [1.29, 1.82) is 0 Å². The molecule has 2 aromatic rings. The van der Waals surface area contributed by atoms with Gasteiger partial charge >= 0.3 is 5.97 Å². The number of carboxylic acids is 1. The lowest BCUT2D eigenvalue weighted by Gasteiger charge is -2.13. The van der Waals surface area contributed by atoms with Gasteiger partial charge in [0.05, 0.1) is 27.8 Å². The van der Waals surface area contributed by atoms with Crippen molar-refractivity contribution in [3.63, 3.8) is 0 Å². The first-order valence-corrected chi connectivity index (χ1v) is 8.48. The Hall–Kier alpha value is -2.25. The summed E-state index contributed by atoms with van der Waals surface area (Å²) in [5, 5.41) is 9.00. The summed E-state index contributed by atoms with van der Waals surface area (Å²) in [5.41, 5.74) is -0.0196. The van der Waals surface area contributed by atoms with Gasteiger partial charge in [-0.2, -0.15) is 0 Å². The summed E-state index contributed by atoms with van der Waals surface area (Å²) in [4.78, 5) is 10.9. The summed E-state index contributed by atoms with van der Waals surface area (Å²) in [6, 6.07) is 10.0. The van der Waals surface area contributed by atoms with Gasteiger partial charge in [-0.3, -0.25) is 4.72 Å². The van der Waals surface area contributed by atoms with E-state index < -0.39 is 16.0 Å². The van der Waals surface area contributed by atoms with E-state index in [1.54, 1.807) is 31.2 Å². The standard InChI is InChI=1S/C15H14ClNO5S/c1-2-22-14-6-4-3-5-13(14)17-23(20,21)10-7-8-12(16)11(9-10)15(18)19/h3-9,17H,2H2,1H3,(H,18,19). The molecule has 0 amide bonds. The van der Waals surface area contributed by atoms with E-state index >= 15 is 0 Å². The van der Waals surface area contributed by atoms with Crippen LogP contribution in [0.25, 0.3) is 0 Å². The van der Waals surface area contributed by atoms with Crippen molar-refractivity contribution >= 4 is 33.3 Å². The highest BCUT2D eigenvalue weighted by Gasteiger charge is 2.19. The zero-order valence-electron chi connectivity index (χ0n) is 12.1. The second kappa shape index (κ2) is 6.89. The molecule has 0 radical (unpaired) electrons. The van der Waals surface area contributed by atoms with Crippen LogP contribution in [0.15, 0.2) is 47.4 Å². The number of para-hydroxylation sites is 2. The van der Waals surface area contributed by atoms with Crippen molar-refractivity contribution in [2.45, 2.75) is 11.8 Å². The number of carbonyl (C=O) groups is 1. The van der Waals surface area contributed by atoms with Crippen LogP contribution in [0.3, 0.4) is 0 Å². The Morgan fingerprint density at radius 1 is 1.26 bits per heavy atom. The molecule has 8 heteroatoms. The number of nitrogens with one attached hydrogen (secondary N) is 1. The predicted molar refractivity (Wildman–Crippen MR) is 86.8 cm³/mol. The van der Waals surface area contributed by atoms with Crippen molar-refractivity contribution in [3.8, 4) is 5.75 Å². The Balaban J connectivity index is 2.40. The van der Waals surface area contributed by atoms with E-state index in [0.717, 1.165) is 6.07 Å². The maximum atomic E-state index is 12.4. The van der Waals surface area contributed by atoms with Crippen LogP contribution in [0.4, 0.5) is 5.69 Å². The molecular weight excluding hydrogens is 342 g/mol. The highest BCUT2D eigenvalue weighted by molar-refractivity contribution is 7.92. The fourth-order valence-corrected chi connectivity index (χ4v) is 3.17. The van der Waals surface area contributed by atoms with Crippen molar-refractivity contribution in [1.82, 2.24) is 0 Å². The van der Waals surface area contributed by atoms with Gasteiger partial charge in [0.2, 0.25) is 0 Å². The van der Waals surface area contributed by atoms with Gasteiger partial charge in [0, 0.05) is 0 Å². The number of sulfonamides is 1. The summed E-state index contributed by atoms with van der Waals surface area (Å²) in [7, 11) is -3.98. The number of hydrogen-bond donors (Lipinski definition) is 2. The zero-order chi connectivity index (χ0) is 17.0. The van der Waals surface area contributed by atoms with Gasteiger partial charge in [-0.05, 0) is 37.3 Å². The number of ether oxygens (including phenoxy) is 1. The molecule has 122 valence electrons. The molecule has 2 rings (SSSR count). The van der Waals surface area contributed by atoms with Crippen molar-refractivity contribution < 1.29 is 23.1 Å². The van der Waals surface area contributed by atoms with Crippen LogP contribution in [0, 0.1) is 0 Å². The number of hydrogen-bond acceptors (Lipinski definition) is 4. The molecule has 0 saturated carbocycles. The second-order valence-electron chi connectivity index (χ2n) is 4.48. The molecule has 23 heavy (non-hydrogen) atoms. The van der Waals surface area contributed by atoms with E-state index in [4.69, 9.17) is 21.4 Å². The second-order valence-corrected chi connectivity index (χ2v) is 6.57. The molecule has 0 saturated heterocycles. The fraction of sp³-hybridized carbons (Fsp3) is 0.133. The molecular formula is C15H14ClNO5S. The maximum absolute atomic E-state index is 12.4. The van der Waals surface area contributed by atoms with Crippen molar-refractivity contribution in [2.24, 2.45) is 0 Å². The Labute approximate surface area is 138 Å². The fourth-order valence-electron chi connectivity index (χ4n) is 1.87. The molecule has 0 atom stereocenters. The average Bonchev–Trinajstić information content (AvgIpc) is 2.49. The van der Waals surface area contributed by atoms with Gasteiger partial charge in [-0.25, -0.2) is 13.2 Å². The van der Waals surface area contributed by atoms with E-state index in [9.17, 15) is 13.2 Å². The first-order valence-electron chi connectivity index (χ1n) is 6.62. The van der Waals surface area contributed by atoms with Crippen molar-refractivity contribution in [2.75, 3.05) is 11.3 Å². The molecule has 6 nitrogen and oxygen atoms in total. The number of aromatic carboxylic acids is 1. The maximum Gasteiger partial charge on any atom is 0.337 e. The zero-order valence-corrected chi connectivity index (χ0v) is 13.7. The Kier molecular flexibility index (Phi) is 5.12. The Morgan fingerprint density at radius 3 is 2.61 bits per heavy atom. The SMILES string of the molecule is CCOc1ccccc1NS(=O)(=O)c1ccc(Cl)c(C(=O)O)c1. The number of anilines is 1. The number of rotatable bonds is 6. The van der Waals surface area contributed by atoms with Gasteiger partial charge in [-0.15, -0.1) is 0 Å². The van der Waals surface area contributed by atoms with E-state index in [2.05, 4.69) is 4.72 Å². The summed E-state index contributed by atoms with van der Waals surface area (Å²) in [5.74, 6) is -0.923. The van der Waals surface area contributed by atoms with E-state index in [1.165, 1.54) is 12.1 Å². The topological polar surface area (TPSA) is 92.7 Å². The van der Waals surface area contributed by atoms with Crippen molar-refractivity contribution in [3.05, 3.63) is 53.1 Å². The molecule has 0 aliphatic carbocycles. The third-order valence-corrected chi connectivity index (χ3v) is 4.60. The summed E-state index contributed by atoms with van der Waals surface area (Å²) >= 11 is 5.75. The third-order valence-electron chi connectivity index (χ3n) is 2.91. The largest absolute Gasteiger partial charge is 0.492 e. The Bertz CT molecular complexity index is 836. The third kappa shape index (κ3) is 3.94. The normalized spacial score (nSPS) is 11.0. The lowest BCUT2D eigenvalue weighted by molar-refractivity contribution is 0.0697. The molecule has 2 N–H and O–H groups in total. The van der Waals surface area contributed by atoms with Gasteiger partial charge in [0.25, 0.3) is 10.0 Å². The predicted octanol–water partition coefficient (Wildman–Crippen LogP) is 3.24. The molecule has 2 aromatic carbocycles. The minimum atomic E-state index is -3.98. The van der Waals surface area contributed by atoms with Gasteiger partial charge in [0.1, 0.15) is 5.75 Å². The minimum Gasteiger partial charge on any atom is -0.492 e. The molecule has 0 unspecified atom stereocenters. The summed E-state index contributed by atoms with van der Waals surface area (Å²) in [6.45, 7) is 2.16. The highest BCUT2D eigenvalue weighted by atomic mass is 35.5. The number of benzene rings is 2. The average molecular weight is 356 g/mol. The van der Waals surface area contributed by atoms with Crippen LogP contribution in [-0.4, -0.2) is 26.1 Å². The van der Waals surface area contributed by atoms with E-state index in [0.29, 0.717) is 12.4 Å². The number of halogens is 1. The van der Waals surface area contributed by atoms with Crippen LogP contribution < -0.4 is 9.46 Å². The van der Waals surface area contributed by atoms with Crippen LogP contribution in [0.2, 0.25) is 5.02 Å². The molecule has 0 spiro atoms. The summed E-state index contributed by atoms with van der Waals surface area (Å²) < 4.78 is 32.6. The van der Waals surface area contributed by atoms with Crippen LogP contribution >= 0.6 is 11.6 Å². The first kappa shape index (κ1) is 17.1. The van der Waals surface area contributed by atoms with E-state index in [-0.39, 0.29) is 21.2 Å². The minimum absolute atomic E-state index is 0.0360. The molecule has 0 heterocycles. The Morgan fingerprint density at radius 2 is 1.96 bits per heavy atom. The molecule has 0 aromatic heterocycles.